The fraction of sp³-hybridized carbons (Fsp3) is 0.391. The molecule has 38 heavy (non-hydrogen) atoms. The van der Waals surface area contributed by atoms with Gasteiger partial charge < -0.3 is 25.8 Å². The van der Waals surface area contributed by atoms with Crippen LogP contribution in [0.25, 0.3) is 0 Å². The molecular weight excluding hydrogens is 553 g/mol. The lowest BCUT2D eigenvalue weighted by Gasteiger charge is -2.33. The number of amides is 2. The molecule has 1 aliphatic rings. The van der Waals surface area contributed by atoms with Crippen molar-refractivity contribution >= 4 is 39.1 Å². The van der Waals surface area contributed by atoms with E-state index < -0.39 is 33.9 Å². The van der Waals surface area contributed by atoms with E-state index in [1.165, 1.54) is 30.0 Å². The van der Waals surface area contributed by atoms with Gasteiger partial charge in [0.05, 0.1) is 16.2 Å². The van der Waals surface area contributed by atoms with Gasteiger partial charge in [0, 0.05) is 50.0 Å². The number of rotatable bonds is 8. The molecule has 3 rings (SSSR count). The first-order valence-corrected chi connectivity index (χ1v) is 13.4. The number of benzene rings is 2. The van der Waals surface area contributed by atoms with Gasteiger partial charge >= 0.3 is 12.5 Å². The van der Waals surface area contributed by atoms with Gasteiger partial charge in [-0.2, -0.15) is 0 Å². The van der Waals surface area contributed by atoms with Crippen molar-refractivity contribution < 1.29 is 41.0 Å². The Labute approximate surface area is 222 Å². The quantitative estimate of drug-likeness (QED) is 0.405. The third kappa shape index (κ3) is 7.42. The van der Waals surface area contributed by atoms with Crippen LogP contribution in [0.2, 0.25) is 5.02 Å². The maximum Gasteiger partial charge on any atom is 0.573 e. The first kappa shape index (κ1) is 29.3. The third-order valence-corrected chi connectivity index (χ3v) is 7.99. The van der Waals surface area contributed by atoms with Crippen molar-refractivity contribution in [2.45, 2.75) is 31.3 Å². The lowest BCUT2D eigenvalue weighted by molar-refractivity contribution is -0.274. The van der Waals surface area contributed by atoms with E-state index in [9.17, 15) is 31.2 Å². The monoisotopic (exact) mass is 578 g/mol. The van der Waals surface area contributed by atoms with E-state index in [1.807, 2.05) is 0 Å². The normalized spacial score (nSPS) is 14.8. The molecule has 0 aliphatic carbocycles. The minimum atomic E-state index is -5.03. The number of carbonyl (C=O) groups excluding carboxylic acids is 1. The van der Waals surface area contributed by atoms with Crippen molar-refractivity contribution in [3.05, 3.63) is 52.0 Å². The predicted molar refractivity (Wildman–Crippen MR) is 133 cm³/mol. The minimum absolute atomic E-state index is 0.0342. The standard InChI is InChI=1S/C23H26ClF3N4O6S/c1-2-38(35,36)19-4-3-16(24)9-14(19)12-29-21(32)18-11-17(37-23(25,26)27)10-15(20(18)28)13-30-5-7-31(8-6-30)22(33)34/h3-4,9-11H,2,5-8,12-13,28H2,1H3,(H,29,32)(H,33,34). The Morgan fingerprint density at radius 3 is 2.37 bits per heavy atom. The Hall–Kier alpha value is -3.23. The molecule has 1 fully saturated rings. The van der Waals surface area contributed by atoms with Crippen LogP contribution in [0.15, 0.2) is 35.2 Å². The molecule has 0 aromatic heterocycles. The summed E-state index contributed by atoms with van der Waals surface area (Å²) in [5.74, 6) is -1.70. The summed E-state index contributed by atoms with van der Waals surface area (Å²) >= 11 is 6.00. The third-order valence-electron chi connectivity index (χ3n) is 5.93. The summed E-state index contributed by atoms with van der Waals surface area (Å²) < 4.78 is 67.9. The largest absolute Gasteiger partial charge is 0.573 e. The second-order valence-corrected chi connectivity index (χ2v) is 11.2. The molecule has 0 unspecified atom stereocenters. The highest BCUT2D eigenvalue weighted by Crippen LogP contribution is 2.31. The number of alkyl halides is 3. The zero-order valence-electron chi connectivity index (χ0n) is 20.2. The first-order valence-electron chi connectivity index (χ1n) is 11.4. The minimum Gasteiger partial charge on any atom is -0.465 e. The van der Waals surface area contributed by atoms with Crippen LogP contribution in [0.4, 0.5) is 23.7 Å². The lowest BCUT2D eigenvalue weighted by Crippen LogP contribution is -2.47. The summed E-state index contributed by atoms with van der Waals surface area (Å²) in [6, 6.07) is 6.02. The molecule has 0 radical (unpaired) electrons. The number of ether oxygens (including phenoxy) is 1. The van der Waals surface area contributed by atoms with Crippen LogP contribution in [-0.4, -0.2) is 73.6 Å². The van der Waals surface area contributed by atoms with Gasteiger partial charge in [0.2, 0.25) is 0 Å². The highest BCUT2D eigenvalue weighted by molar-refractivity contribution is 7.91. The summed E-state index contributed by atoms with van der Waals surface area (Å²) in [6.45, 7) is 2.23. The number of hydrogen-bond donors (Lipinski definition) is 3. The van der Waals surface area contributed by atoms with E-state index in [-0.39, 0.29) is 64.2 Å². The molecule has 0 spiro atoms. The molecule has 1 aliphatic heterocycles. The molecule has 1 heterocycles. The zero-order valence-corrected chi connectivity index (χ0v) is 21.8. The second kappa shape index (κ2) is 11.7. The van der Waals surface area contributed by atoms with E-state index >= 15 is 0 Å². The van der Waals surface area contributed by atoms with Crippen molar-refractivity contribution in [3.63, 3.8) is 0 Å². The number of nitrogens with zero attached hydrogens (tertiary/aromatic N) is 2. The van der Waals surface area contributed by atoms with Crippen LogP contribution < -0.4 is 15.8 Å². The van der Waals surface area contributed by atoms with E-state index in [0.29, 0.717) is 13.1 Å². The van der Waals surface area contributed by atoms with Crippen LogP contribution in [0.3, 0.4) is 0 Å². The molecule has 10 nitrogen and oxygen atoms in total. The Kier molecular flexibility index (Phi) is 9.00. The Bertz CT molecular complexity index is 1310. The molecule has 208 valence electrons. The SMILES string of the molecule is CCS(=O)(=O)c1ccc(Cl)cc1CNC(=O)c1cc(OC(F)(F)F)cc(CN2CCN(C(=O)O)CC2)c1N. The van der Waals surface area contributed by atoms with E-state index in [0.717, 1.165) is 12.1 Å². The average Bonchev–Trinajstić information content (AvgIpc) is 2.83. The smallest absolute Gasteiger partial charge is 0.465 e. The summed E-state index contributed by atoms with van der Waals surface area (Å²) in [4.78, 5) is 27.1. The van der Waals surface area contributed by atoms with Crippen molar-refractivity contribution in [2.24, 2.45) is 0 Å². The van der Waals surface area contributed by atoms with E-state index in [4.69, 9.17) is 22.4 Å². The van der Waals surface area contributed by atoms with Gasteiger partial charge in [-0.15, -0.1) is 13.2 Å². The number of nitrogen functional groups attached to an aromatic ring is 1. The molecule has 0 saturated carbocycles. The van der Waals surface area contributed by atoms with Crippen molar-refractivity contribution in [2.75, 3.05) is 37.7 Å². The van der Waals surface area contributed by atoms with Gasteiger partial charge in [-0.3, -0.25) is 9.69 Å². The van der Waals surface area contributed by atoms with Crippen molar-refractivity contribution in [1.82, 2.24) is 15.1 Å². The first-order chi connectivity index (χ1) is 17.7. The number of piperazine rings is 1. The summed E-state index contributed by atoms with van der Waals surface area (Å²) in [5.41, 5.74) is 6.16. The number of carbonyl (C=O) groups is 2. The Balaban J connectivity index is 1.88. The Morgan fingerprint density at radius 2 is 1.79 bits per heavy atom. The molecule has 2 amide bonds. The number of sulfone groups is 1. The fourth-order valence-corrected chi connectivity index (χ4v) is 5.26. The van der Waals surface area contributed by atoms with Crippen molar-refractivity contribution in [3.8, 4) is 5.75 Å². The molecule has 2 aromatic rings. The van der Waals surface area contributed by atoms with Crippen LogP contribution in [0.1, 0.15) is 28.4 Å². The highest BCUT2D eigenvalue weighted by atomic mass is 35.5. The van der Waals surface area contributed by atoms with Gasteiger partial charge in [0.15, 0.2) is 9.84 Å². The van der Waals surface area contributed by atoms with Gasteiger partial charge in [-0.05, 0) is 41.5 Å². The number of nitrogens with two attached hydrogens (primary N) is 1. The number of anilines is 1. The maximum atomic E-state index is 13.0. The van der Waals surface area contributed by atoms with Crippen LogP contribution >= 0.6 is 11.6 Å². The predicted octanol–water partition coefficient (Wildman–Crippen LogP) is 3.34. The maximum absolute atomic E-state index is 13.0. The molecule has 1 saturated heterocycles. The van der Waals surface area contributed by atoms with E-state index in [1.54, 1.807) is 4.90 Å². The lowest BCUT2D eigenvalue weighted by atomic mass is 10.0. The van der Waals surface area contributed by atoms with Crippen LogP contribution in [0, 0.1) is 0 Å². The number of carboxylic acid groups (broad SMARTS) is 1. The molecule has 2 aromatic carbocycles. The summed E-state index contributed by atoms with van der Waals surface area (Å²) in [6.07, 6.45) is -6.10. The summed E-state index contributed by atoms with van der Waals surface area (Å²) in [5, 5.41) is 11.8. The fourth-order valence-electron chi connectivity index (χ4n) is 3.95. The van der Waals surface area contributed by atoms with Gasteiger partial charge in [-0.25, -0.2) is 13.2 Å². The molecule has 0 bridgehead atoms. The molecule has 15 heteroatoms. The van der Waals surface area contributed by atoms with E-state index in [2.05, 4.69) is 10.1 Å². The molecular formula is C23H26ClF3N4O6S. The average molecular weight is 579 g/mol. The topological polar surface area (TPSA) is 142 Å². The number of nitrogens with one attached hydrogen (secondary N) is 1. The zero-order chi connectivity index (χ0) is 28.3. The molecule has 4 N–H and O–H groups in total. The number of hydrogen-bond acceptors (Lipinski definition) is 7. The van der Waals surface area contributed by atoms with Gasteiger partial charge in [0.1, 0.15) is 5.75 Å². The second-order valence-electron chi connectivity index (χ2n) is 8.48. The number of halogens is 4. The van der Waals surface area contributed by atoms with Crippen LogP contribution in [-0.2, 0) is 22.9 Å². The van der Waals surface area contributed by atoms with Gasteiger partial charge in [-0.1, -0.05) is 18.5 Å². The Morgan fingerprint density at radius 1 is 1.13 bits per heavy atom. The van der Waals surface area contributed by atoms with Gasteiger partial charge in [0.25, 0.3) is 5.91 Å². The highest BCUT2D eigenvalue weighted by Gasteiger charge is 2.32. The molecule has 0 atom stereocenters. The van der Waals surface area contributed by atoms with Crippen molar-refractivity contribution in [1.29, 1.82) is 0 Å². The summed E-state index contributed by atoms with van der Waals surface area (Å²) in [7, 11) is -3.65. The van der Waals surface area contributed by atoms with Crippen LogP contribution in [0.5, 0.6) is 5.75 Å².